The van der Waals surface area contributed by atoms with E-state index in [-0.39, 0.29) is 11.5 Å². The predicted molar refractivity (Wildman–Crippen MR) is 106 cm³/mol. The third kappa shape index (κ3) is 2.81. The summed E-state index contributed by atoms with van der Waals surface area (Å²) in [6.45, 7) is 4.67. The first kappa shape index (κ1) is 18.1. The Hall–Kier alpha value is -1.28. The Kier molecular flexibility index (Phi) is 4.67. The molecule has 5 atom stereocenters. The van der Waals surface area contributed by atoms with Crippen molar-refractivity contribution in [1.29, 1.82) is 0 Å². The third-order valence-corrected chi connectivity index (χ3v) is 7.83. The van der Waals surface area contributed by atoms with E-state index >= 15 is 0 Å². The van der Waals surface area contributed by atoms with Crippen LogP contribution in [0.4, 0.5) is 0 Å². The molecule has 2 saturated carbocycles. The number of rotatable bonds is 4. The summed E-state index contributed by atoms with van der Waals surface area (Å²) in [5, 5.41) is 20.4. The van der Waals surface area contributed by atoms with Gasteiger partial charge in [0.2, 0.25) is 0 Å². The first-order valence-electron chi connectivity index (χ1n) is 10.7. The molecule has 0 saturated heterocycles. The zero-order valence-electron chi connectivity index (χ0n) is 16.4. The molecular formula is C24H34O2. The Morgan fingerprint density at radius 1 is 1.23 bits per heavy atom. The molecule has 0 aromatic heterocycles. The van der Waals surface area contributed by atoms with Gasteiger partial charge in [0.15, 0.2) is 0 Å². The van der Waals surface area contributed by atoms with E-state index < -0.39 is 0 Å². The normalized spacial score (nSPS) is 38.8. The zero-order valence-corrected chi connectivity index (χ0v) is 16.4. The fourth-order valence-corrected chi connectivity index (χ4v) is 6.58. The van der Waals surface area contributed by atoms with Gasteiger partial charge in [-0.3, -0.25) is 0 Å². The Morgan fingerprint density at radius 2 is 2.08 bits per heavy atom. The minimum Gasteiger partial charge on any atom is -0.508 e. The van der Waals surface area contributed by atoms with Crippen molar-refractivity contribution in [2.75, 3.05) is 0 Å². The van der Waals surface area contributed by atoms with Crippen LogP contribution in [0.15, 0.2) is 30.4 Å². The summed E-state index contributed by atoms with van der Waals surface area (Å²) in [6, 6.07) is 6.06. The third-order valence-electron chi connectivity index (χ3n) is 7.83. The van der Waals surface area contributed by atoms with Crippen molar-refractivity contribution in [2.24, 2.45) is 17.3 Å². The van der Waals surface area contributed by atoms with Gasteiger partial charge in [-0.25, -0.2) is 0 Å². The summed E-state index contributed by atoms with van der Waals surface area (Å²) < 4.78 is 0. The van der Waals surface area contributed by atoms with Gasteiger partial charge in [0.25, 0.3) is 0 Å². The first-order valence-corrected chi connectivity index (χ1v) is 10.7. The molecule has 2 unspecified atom stereocenters. The van der Waals surface area contributed by atoms with E-state index in [2.05, 4.69) is 32.1 Å². The number of phenolic OH excluding ortho intramolecular Hbond substituents is 1. The molecule has 2 N–H and O–H groups in total. The van der Waals surface area contributed by atoms with Crippen LogP contribution >= 0.6 is 0 Å². The maximum Gasteiger partial charge on any atom is 0.115 e. The van der Waals surface area contributed by atoms with Gasteiger partial charge in [-0.15, -0.1) is 0 Å². The Bertz CT molecular complexity index is 693. The van der Waals surface area contributed by atoms with Gasteiger partial charge in [-0.1, -0.05) is 44.9 Å². The van der Waals surface area contributed by atoms with E-state index in [9.17, 15) is 10.2 Å². The lowest BCUT2D eigenvalue weighted by Crippen LogP contribution is -2.49. The first-order chi connectivity index (χ1) is 12.5. The number of benzene rings is 1. The second kappa shape index (κ2) is 6.71. The van der Waals surface area contributed by atoms with Gasteiger partial charge in [-0.2, -0.15) is 0 Å². The van der Waals surface area contributed by atoms with Crippen LogP contribution in [0.2, 0.25) is 0 Å². The van der Waals surface area contributed by atoms with Gasteiger partial charge in [0.05, 0.1) is 6.10 Å². The Morgan fingerprint density at radius 3 is 2.88 bits per heavy atom. The molecule has 0 radical (unpaired) electrons. The zero-order chi connectivity index (χ0) is 18.4. The average Bonchev–Trinajstić information content (AvgIpc) is 2.92. The highest BCUT2D eigenvalue weighted by Crippen LogP contribution is 2.63. The number of aryl methyl sites for hydroxylation is 1. The second-order valence-electron chi connectivity index (χ2n) is 9.43. The summed E-state index contributed by atoms with van der Waals surface area (Å²) in [4.78, 5) is 0. The molecule has 0 aliphatic heterocycles. The number of aliphatic hydroxyl groups excluding tert-OH is 1. The quantitative estimate of drug-likeness (QED) is 0.553. The number of allylic oxidation sites excluding steroid dienone is 2. The summed E-state index contributed by atoms with van der Waals surface area (Å²) in [5.74, 6) is 1.63. The smallest absolute Gasteiger partial charge is 0.115 e. The Labute approximate surface area is 158 Å². The molecule has 1 aromatic carbocycles. The summed E-state index contributed by atoms with van der Waals surface area (Å²) >= 11 is 0. The highest BCUT2D eigenvalue weighted by Gasteiger charge is 2.57. The second-order valence-corrected chi connectivity index (χ2v) is 9.43. The van der Waals surface area contributed by atoms with Crippen LogP contribution in [0.1, 0.15) is 76.3 Å². The van der Waals surface area contributed by atoms with Gasteiger partial charge in [-0.05, 0) is 85.5 Å². The molecule has 0 spiro atoms. The van der Waals surface area contributed by atoms with Crippen molar-refractivity contribution < 1.29 is 10.2 Å². The topological polar surface area (TPSA) is 40.5 Å². The molecule has 142 valence electrons. The van der Waals surface area contributed by atoms with Crippen LogP contribution in [-0.4, -0.2) is 16.3 Å². The van der Waals surface area contributed by atoms with Gasteiger partial charge in [0.1, 0.15) is 5.75 Å². The monoisotopic (exact) mass is 354 g/mol. The molecule has 3 aliphatic rings. The molecule has 2 heteroatoms. The lowest BCUT2D eigenvalue weighted by Gasteiger charge is -2.55. The van der Waals surface area contributed by atoms with Crippen molar-refractivity contribution in [3.8, 4) is 5.75 Å². The maximum absolute atomic E-state index is 10.4. The molecule has 0 bridgehead atoms. The fourth-order valence-electron chi connectivity index (χ4n) is 6.58. The lowest BCUT2D eigenvalue weighted by atomic mass is 9.48. The number of phenols is 1. The van der Waals surface area contributed by atoms with E-state index in [4.69, 9.17) is 0 Å². The van der Waals surface area contributed by atoms with Crippen LogP contribution in [0.3, 0.4) is 0 Å². The highest BCUT2D eigenvalue weighted by molar-refractivity contribution is 5.46. The fraction of sp³-hybridized carbons (Fsp3) is 0.667. The van der Waals surface area contributed by atoms with Crippen molar-refractivity contribution in [1.82, 2.24) is 0 Å². The SMILES string of the molecule is CCCCC=CC12CC[C@]3(C)CC(O)C[C@H]3[C@@H]1CCc1cc(O)ccc12. The molecule has 0 heterocycles. The number of aliphatic hydroxyl groups is 1. The summed E-state index contributed by atoms with van der Waals surface area (Å²) in [7, 11) is 0. The van der Waals surface area contributed by atoms with Gasteiger partial charge < -0.3 is 10.2 Å². The summed E-state index contributed by atoms with van der Waals surface area (Å²) in [6.07, 6.45) is 15.0. The number of hydrogen-bond donors (Lipinski definition) is 2. The van der Waals surface area contributed by atoms with E-state index in [1.165, 1.54) is 43.2 Å². The van der Waals surface area contributed by atoms with Crippen LogP contribution in [0.25, 0.3) is 0 Å². The highest BCUT2D eigenvalue weighted by atomic mass is 16.3. The van der Waals surface area contributed by atoms with Crippen LogP contribution in [0, 0.1) is 17.3 Å². The largest absolute Gasteiger partial charge is 0.508 e. The lowest BCUT2D eigenvalue weighted by molar-refractivity contribution is 0.0274. The number of fused-ring (bicyclic) bond motifs is 5. The molecule has 0 amide bonds. The molecule has 2 fully saturated rings. The van der Waals surface area contributed by atoms with E-state index in [1.807, 2.05) is 12.1 Å². The van der Waals surface area contributed by atoms with Crippen molar-refractivity contribution in [3.63, 3.8) is 0 Å². The molecule has 1 aromatic rings. The van der Waals surface area contributed by atoms with Crippen LogP contribution in [0.5, 0.6) is 5.75 Å². The predicted octanol–water partition coefficient (Wildman–Crippen LogP) is 5.51. The van der Waals surface area contributed by atoms with E-state index in [0.29, 0.717) is 23.0 Å². The van der Waals surface area contributed by atoms with Gasteiger partial charge >= 0.3 is 0 Å². The summed E-state index contributed by atoms with van der Waals surface area (Å²) in [5.41, 5.74) is 3.19. The minimum atomic E-state index is -0.119. The van der Waals surface area contributed by atoms with Crippen LogP contribution in [-0.2, 0) is 11.8 Å². The minimum absolute atomic E-state index is 0.100. The van der Waals surface area contributed by atoms with Crippen LogP contribution < -0.4 is 0 Å². The average molecular weight is 355 g/mol. The number of hydrogen-bond acceptors (Lipinski definition) is 2. The van der Waals surface area contributed by atoms with E-state index in [1.54, 1.807) is 0 Å². The van der Waals surface area contributed by atoms with Crippen molar-refractivity contribution in [2.45, 2.75) is 83.2 Å². The van der Waals surface area contributed by atoms with Crippen molar-refractivity contribution >= 4 is 0 Å². The molecule has 3 aliphatic carbocycles. The number of unbranched alkanes of at least 4 members (excludes halogenated alkanes) is 2. The molecule has 26 heavy (non-hydrogen) atoms. The molecule has 4 rings (SSSR count). The molecular weight excluding hydrogens is 320 g/mol. The van der Waals surface area contributed by atoms with Crippen molar-refractivity contribution in [3.05, 3.63) is 41.5 Å². The maximum atomic E-state index is 10.4. The standard InChI is InChI=1S/C24H34O2/c1-3-4-5-6-11-24-13-12-23(2)16-19(26)15-22(23)21(24)9-7-17-14-18(25)8-10-20(17)24/h6,8,10-11,14,19,21-22,25-26H,3-5,7,9,12-13,15-16H2,1-2H3/t19?,21-,22-,23+,24?/m0/s1. The Balaban J connectivity index is 1.76. The van der Waals surface area contributed by atoms with Gasteiger partial charge in [0, 0.05) is 5.41 Å². The number of aromatic hydroxyl groups is 1. The van der Waals surface area contributed by atoms with E-state index in [0.717, 1.165) is 25.7 Å². The molecule has 2 nitrogen and oxygen atoms in total.